The Morgan fingerprint density at radius 3 is 2.47 bits per heavy atom. The number of sulfonamides is 1. The highest BCUT2D eigenvalue weighted by atomic mass is 32.2. The summed E-state index contributed by atoms with van der Waals surface area (Å²) in [6.45, 7) is 0. The van der Waals surface area contributed by atoms with Gasteiger partial charge < -0.3 is 5.11 Å². The molecule has 17 heavy (non-hydrogen) atoms. The fraction of sp³-hybridized carbons (Fsp3) is 0.143. The van der Waals surface area contributed by atoms with E-state index in [1.165, 1.54) is 0 Å². The van der Waals surface area contributed by atoms with E-state index in [-0.39, 0.29) is 0 Å². The van der Waals surface area contributed by atoms with Crippen molar-refractivity contribution in [3.63, 3.8) is 0 Å². The SMILES string of the molecule is O=C(O)c1cccnc1NS(=O)(=O)C(F)(F)F. The number of hydrogen-bond donors (Lipinski definition) is 2. The summed E-state index contributed by atoms with van der Waals surface area (Å²) in [5.41, 5.74) is -6.22. The third kappa shape index (κ3) is 2.84. The molecular formula is C7H5F3N2O4S. The lowest BCUT2D eigenvalue weighted by molar-refractivity contribution is -0.0429. The van der Waals surface area contributed by atoms with Crippen molar-refractivity contribution < 1.29 is 31.5 Å². The summed E-state index contributed by atoms with van der Waals surface area (Å²) in [5, 5.41) is 8.61. The third-order valence-corrected chi connectivity index (χ3v) is 2.65. The van der Waals surface area contributed by atoms with Crippen LogP contribution in [0, 0.1) is 0 Å². The van der Waals surface area contributed by atoms with Crippen LogP contribution < -0.4 is 4.72 Å². The zero-order valence-corrected chi connectivity index (χ0v) is 8.71. The molecule has 6 nitrogen and oxygen atoms in total. The summed E-state index contributed by atoms with van der Waals surface area (Å²) in [7, 11) is -5.68. The smallest absolute Gasteiger partial charge is 0.478 e. The van der Waals surface area contributed by atoms with Gasteiger partial charge in [0.2, 0.25) is 0 Å². The van der Waals surface area contributed by atoms with Crippen molar-refractivity contribution in [3.05, 3.63) is 23.9 Å². The first-order valence-corrected chi connectivity index (χ1v) is 5.41. The maximum Gasteiger partial charge on any atom is 0.516 e. The van der Waals surface area contributed by atoms with Crippen molar-refractivity contribution in [2.24, 2.45) is 0 Å². The van der Waals surface area contributed by atoms with Crippen LogP contribution in [0.1, 0.15) is 10.4 Å². The van der Waals surface area contributed by atoms with Crippen molar-refractivity contribution in [3.8, 4) is 0 Å². The Hall–Kier alpha value is -1.84. The lowest BCUT2D eigenvalue weighted by Crippen LogP contribution is -2.31. The number of nitrogens with zero attached hydrogens (tertiary/aromatic N) is 1. The van der Waals surface area contributed by atoms with E-state index in [1.807, 2.05) is 0 Å². The number of carboxylic acids is 1. The maximum absolute atomic E-state index is 12.0. The maximum atomic E-state index is 12.0. The third-order valence-electron chi connectivity index (χ3n) is 1.57. The van der Waals surface area contributed by atoms with Gasteiger partial charge in [0.1, 0.15) is 5.56 Å². The Kier molecular flexibility index (Phi) is 3.27. The Morgan fingerprint density at radius 1 is 1.41 bits per heavy atom. The molecule has 0 fully saturated rings. The first kappa shape index (κ1) is 13.2. The van der Waals surface area contributed by atoms with E-state index < -0.39 is 32.9 Å². The van der Waals surface area contributed by atoms with E-state index in [4.69, 9.17) is 5.11 Å². The van der Waals surface area contributed by atoms with Crippen LogP contribution in [0.3, 0.4) is 0 Å². The van der Waals surface area contributed by atoms with Gasteiger partial charge in [0.15, 0.2) is 5.82 Å². The molecule has 10 heteroatoms. The van der Waals surface area contributed by atoms with Crippen molar-refractivity contribution >= 4 is 21.8 Å². The van der Waals surface area contributed by atoms with Crippen LogP contribution in [-0.2, 0) is 10.0 Å². The Balaban J connectivity index is 3.18. The number of aromatic carboxylic acids is 1. The first-order chi connectivity index (χ1) is 7.65. The molecule has 2 N–H and O–H groups in total. The second kappa shape index (κ2) is 4.20. The molecule has 0 aliphatic rings. The topological polar surface area (TPSA) is 96.4 Å². The fourth-order valence-corrected chi connectivity index (χ4v) is 1.38. The fourth-order valence-electron chi connectivity index (χ4n) is 0.844. The van der Waals surface area contributed by atoms with E-state index >= 15 is 0 Å². The number of anilines is 1. The van der Waals surface area contributed by atoms with Crippen LogP contribution in [0.15, 0.2) is 18.3 Å². The summed E-state index contributed by atoms with van der Waals surface area (Å²) >= 11 is 0. The highest BCUT2D eigenvalue weighted by Crippen LogP contribution is 2.25. The lowest BCUT2D eigenvalue weighted by atomic mass is 10.3. The quantitative estimate of drug-likeness (QED) is 0.855. The van der Waals surface area contributed by atoms with Crippen molar-refractivity contribution in [1.29, 1.82) is 0 Å². The molecule has 0 aliphatic carbocycles. The van der Waals surface area contributed by atoms with Crippen LogP contribution in [-0.4, -0.2) is 30.0 Å². The highest BCUT2D eigenvalue weighted by molar-refractivity contribution is 7.93. The van der Waals surface area contributed by atoms with Gasteiger partial charge in [-0.05, 0) is 12.1 Å². The van der Waals surface area contributed by atoms with E-state index in [1.54, 1.807) is 0 Å². The molecule has 0 radical (unpaired) electrons. The van der Waals surface area contributed by atoms with E-state index in [2.05, 4.69) is 4.98 Å². The molecule has 1 aromatic rings. The van der Waals surface area contributed by atoms with Crippen molar-refractivity contribution in [2.45, 2.75) is 5.51 Å². The zero-order valence-electron chi connectivity index (χ0n) is 7.89. The number of alkyl halides is 3. The molecule has 0 bridgehead atoms. The highest BCUT2D eigenvalue weighted by Gasteiger charge is 2.46. The zero-order chi connectivity index (χ0) is 13.3. The van der Waals surface area contributed by atoms with Crippen LogP contribution in [0.5, 0.6) is 0 Å². The molecule has 0 saturated carbocycles. The number of hydrogen-bond acceptors (Lipinski definition) is 4. The van der Waals surface area contributed by atoms with Gasteiger partial charge in [0, 0.05) is 6.20 Å². The van der Waals surface area contributed by atoms with Gasteiger partial charge in [-0.3, -0.25) is 4.72 Å². The monoisotopic (exact) mass is 270 g/mol. The van der Waals surface area contributed by atoms with E-state index in [0.29, 0.717) is 0 Å². The number of carboxylic acid groups (broad SMARTS) is 1. The molecule has 0 spiro atoms. The molecule has 1 aromatic heterocycles. The molecule has 0 saturated heterocycles. The number of rotatable bonds is 3. The predicted octanol–water partition coefficient (Wildman–Crippen LogP) is 1.04. The summed E-state index contributed by atoms with van der Waals surface area (Å²) < 4.78 is 58.6. The first-order valence-electron chi connectivity index (χ1n) is 3.92. The molecule has 1 rings (SSSR count). The molecule has 0 atom stereocenters. The predicted molar refractivity (Wildman–Crippen MR) is 49.8 cm³/mol. The Labute approximate surface area is 93.1 Å². The van der Waals surface area contributed by atoms with Crippen molar-refractivity contribution in [2.75, 3.05) is 4.72 Å². The van der Waals surface area contributed by atoms with Crippen LogP contribution >= 0.6 is 0 Å². The lowest BCUT2D eigenvalue weighted by Gasteiger charge is -2.11. The molecule has 94 valence electrons. The minimum atomic E-state index is -5.68. The number of nitrogens with one attached hydrogen (secondary N) is 1. The van der Waals surface area contributed by atoms with Gasteiger partial charge in [0.25, 0.3) is 0 Å². The molecule has 0 aromatic carbocycles. The van der Waals surface area contributed by atoms with Gasteiger partial charge in [-0.1, -0.05) is 0 Å². The molecule has 1 heterocycles. The number of carbonyl (C=O) groups is 1. The average molecular weight is 270 g/mol. The van der Waals surface area contributed by atoms with Crippen LogP contribution in [0.2, 0.25) is 0 Å². The summed E-state index contributed by atoms with van der Waals surface area (Å²) in [5.74, 6) is -2.49. The second-order valence-corrected chi connectivity index (χ2v) is 4.43. The van der Waals surface area contributed by atoms with Gasteiger partial charge >= 0.3 is 21.5 Å². The Morgan fingerprint density at radius 2 is 2.00 bits per heavy atom. The molecule has 0 unspecified atom stereocenters. The largest absolute Gasteiger partial charge is 0.516 e. The number of halogens is 3. The van der Waals surface area contributed by atoms with Gasteiger partial charge in [-0.2, -0.15) is 21.6 Å². The van der Waals surface area contributed by atoms with Gasteiger partial charge in [-0.15, -0.1) is 0 Å². The van der Waals surface area contributed by atoms with Crippen LogP contribution in [0.4, 0.5) is 19.0 Å². The summed E-state index contributed by atoms with van der Waals surface area (Å²) in [4.78, 5) is 13.8. The molecule has 0 amide bonds. The minimum absolute atomic E-state index is 0.680. The van der Waals surface area contributed by atoms with Crippen molar-refractivity contribution in [1.82, 2.24) is 4.98 Å². The second-order valence-electron chi connectivity index (χ2n) is 2.76. The molecule has 0 aliphatic heterocycles. The minimum Gasteiger partial charge on any atom is -0.478 e. The van der Waals surface area contributed by atoms with E-state index in [9.17, 15) is 26.4 Å². The van der Waals surface area contributed by atoms with E-state index in [0.717, 1.165) is 23.1 Å². The number of pyridine rings is 1. The molecular weight excluding hydrogens is 265 g/mol. The number of aromatic nitrogens is 1. The average Bonchev–Trinajstić information content (AvgIpc) is 2.15. The summed E-state index contributed by atoms with van der Waals surface area (Å²) in [6.07, 6.45) is 0.959. The van der Waals surface area contributed by atoms with Crippen LogP contribution in [0.25, 0.3) is 0 Å². The Bertz CT molecular complexity index is 540. The normalized spacial score (nSPS) is 12.2. The van der Waals surface area contributed by atoms with Gasteiger partial charge in [0.05, 0.1) is 0 Å². The summed E-state index contributed by atoms with van der Waals surface area (Å²) in [6, 6.07) is 2.07. The van der Waals surface area contributed by atoms with Gasteiger partial charge in [-0.25, -0.2) is 9.78 Å². The standard InChI is InChI=1S/C7H5F3N2O4S/c8-7(9,10)17(15,16)12-5-4(6(13)14)2-1-3-11-5/h1-3H,(H,11,12)(H,13,14).